The van der Waals surface area contributed by atoms with E-state index >= 15 is 0 Å². The zero-order chi connectivity index (χ0) is 16.4. The van der Waals surface area contributed by atoms with Gasteiger partial charge in [-0.05, 0) is 54.1 Å². The van der Waals surface area contributed by atoms with Gasteiger partial charge in [-0.15, -0.1) is 0 Å². The van der Waals surface area contributed by atoms with Gasteiger partial charge < -0.3 is 9.84 Å². The molecule has 0 aromatic rings. The van der Waals surface area contributed by atoms with Crippen LogP contribution < -0.4 is 0 Å². The van der Waals surface area contributed by atoms with Gasteiger partial charge in [0.15, 0.2) is 5.78 Å². The Balaban J connectivity index is 1.67. The lowest BCUT2D eigenvalue weighted by Crippen LogP contribution is -2.60. The van der Waals surface area contributed by atoms with Crippen LogP contribution in [0.5, 0.6) is 0 Å². The van der Waals surface area contributed by atoms with Gasteiger partial charge in [-0.2, -0.15) is 0 Å². The van der Waals surface area contributed by atoms with Gasteiger partial charge in [-0.25, -0.2) is 0 Å². The first-order valence-corrected chi connectivity index (χ1v) is 9.28. The van der Waals surface area contributed by atoms with Crippen molar-refractivity contribution in [3.8, 4) is 0 Å². The van der Waals surface area contributed by atoms with Crippen LogP contribution in [0.25, 0.3) is 0 Å². The lowest BCUT2D eigenvalue weighted by atomic mass is 9.45. The van der Waals surface area contributed by atoms with Crippen molar-refractivity contribution >= 4 is 5.78 Å². The average molecular weight is 316 g/mol. The van der Waals surface area contributed by atoms with Gasteiger partial charge in [-0.1, -0.05) is 27.7 Å². The van der Waals surface area contributed by atoms with Crippen molar-refractivity contribution in [2.75, 3.05) is 6.61 Å². The molecular weight excluding hydrogens is 288 g/mol. The molecule has 0 radical (unpaired) electrons. The highest BCUT2D eigenvalue weighted by molar-refractivity contribution is 6.01. The van der Waals surface area contributed by atoms with E-state index in [-0.39, 0.29) is 27.9 Å². The first-order chi connectivity index (χ1) is 10.7. The molecule has 0 aromatic carbocycles. The summed E-state index contributed by atoms with van der Waals surface area (Å²) in [7, 11) is 0. The summed E-state index contributed by atoms with van der Waals surface area (Å²) in [5.74, 6) is 1.61. The fourth-order valence-electron chi connectivity index (χ4n) is 7.42. The molecule has 1 aliphatic heterocycles. The summed E-state index contributed by atoms with van der Waals surface area (Å²) in [4.78, 5) is 12.9. The predicted octanol–water partition coefficient (Wildman–Crippen LogP) is 3.11. The minimum absolute atomic E-state index is 0.00451. The molecule has 0 bridgehead atoms. The Bertz CT molecular complexity index is 649. The number of carbonyl (C=O) groups is 1. The monoisotopic (exact) mass is 316 g/mol. The first kappa shape index (κ1) is 14.7. The number of fused-ring (bicyclic) bond motifs is 3. The minimum Gasteiger partial charge on any atom is -0.393 e. The number of hydrogen-bond acceptors (Lipinski definition) is 3. The number of aliphatic hydroxyl groups is 1. The Hall–Kier alpha value is -0.670. The van der Waals surface area contributed by atoms with E-state index in [2.05, 4.69) is 27.7 Å². The van der Waals surface area contributed by atoms with Crippen LogP contribution in [-0.4, -0.2) is 29.2 Å². The summed E-state index contributed by atoms with van der Waals surface area (Å²) in [5.41, 5.74) is 0.871. The number of ketones is 1. The Morgan fingerprint density at radius 2 is 1.91 bits per heavy atom. The number of hydrogen-bond donors (Lipinski definition) is 1. The van der Waals surface area contributed by atoms with Crippen LogP contribution in [0.15, 0.2) is 11.6 Å². The van der Waals surface area contributed by atoms with Crippen LogP contribution in [0.4, 0.5) is 0 Å². The maximum Gasteiger partial charge on any atom is 0.162 e. The number of allylic oxidation sites excluding steroid dienone is 1. The van der Waals surface area contributed by atoms with Crippen molar-refractivity contribution in [2.24, 2.45) is 34.0 Å². The molecule has 5 aliphatic rings. The molecule has 2 unspecified atom stereocenters. The van der Waals surface area contributed by atoms with E-state index in [9.17, 15) is 9.90 Å². The topological polar surface area (TPSA) is 46.5 Å². The zero-order valence-electron chi connectivity index (χ0n) is 14.7. The lowest BCUT2D eigenvalue weighted by molar-refractivity contribution is -0.148. The molecule has 1 N–H and O–H groups in total. The van der Waals surface area contributed by atoms with Crippen LogP contribution in [0.3, 0.4) is 0 Å². The van der Waals surface area contributed by atoms with Gasteiger partial charge in [0.25, 0.3) is 0 Å². The van der Waals surface area contributed by atoms with Crippen molar-refractivity contribution in [3.05, 3.63) is 11.6 Å². The highest BCUT2D eigenvalue weighted by Crippen LogP contribution is 2.78. The Labute approximate surface area is 138 Å². The second-order valence-electron chi connectivity index (χ2n) is 9.87. The largest absolute Gasteiger partial charge is 0.393 e. The van der Waals surface area contributed by atoms with E-state index < -0.39 is 0 Å². The van der Waals surface area contributed by atoms with Crippen LogP contribution in [0, 0.1) is 34.0 Å². The van der Waals surface area contributed by atoms with E-state index in [4.69, 9.17) is 4.74 Å². The summed E-state index contributed by atoms with van der Waals surface area (Å²) in [5, 5.41) is 10.6. The molecule has 4 aliphatic carbocycles. The zero-order valence-corrected chi connectivity index (χ0v) is 14.7. The second kappa shape index (κ2) is 3.77. The van der Waals surface area contributed by atoms with Crippen LogP contribution >= 0.6 is 0 Å². The first-order valence-electron chi connectivity index (χ1n) is 9.28. The van der Waals surface area contributed by atoms with E-state index in [0.717, 1.165) is 32.3 Å². The summed E-state index contributed by atoms with van der Waals surface area (Å²) in [6.07, 6.45) is 5.67. The number of carbonyl (C=O) groups excluding carboxylic acids is 1. The van der Waals surface area contributed by atoms with Crippen molar-refractivity contribution in [1.82, 2.24) is 0 Å². The lowest BCUT2D eigenvalue weighted by Gasteiger charge is -2.61. The molecule has 1 heterocycles. The SMILES string of the molecule is CC1(C)[C@H](O)CC[C@@]2(C)C3=CC(=O)[C@]4(C)C5CO[C@@]3(CC[C@H]12)C54. The molecule has 0 aromatic heterocycles. The molecule has 3 saturated carbocycles. The highest BCUT2D eigenvalue weighted by Gasteiger charge is 2.81. The summed E-state index contributed by atoms with van der Waals surface area (Å²) in [6, 6.07) is 0. The summed E-state index contributed by atoms with van der Waals surface area (Å²) < 4.78 is 6.42. The quantitative estimate of drug-likeness (QED) is 0.747. The molecular formula is C20H28O3. The summed E-state index contributed by atoms with van der Waals surface area (Å²) >= 11 is 0. The standard InChI is InChI=1S/C20H28O3/c1-17(2)12-5-8-20-13(18(12,3)7-6-14(17)21)9-15(22)19(4)11(10-23-20)16(19)20/h9,11-12,14,16,21H,5-8,10H2,1-4H3/t11?,12-,14-,16?,18-,19+,20-/m1/s1. The third kappa shape index (κ3) is 1.33. The van der Waals surface area contributed by atoms with Gasteiger partial charge in [-0.3, -0.25) is 4.79 Å². The Morgan fingerprint density at radius 3 is 2.65 bits per heavy atom. The fourth-order valence-corrected chi connectivity index (χ4v) is 7.42. The second-order valence-corrected chi connectivity index (χ2v) is 9.87. The van der Waals surface area contributed by atoms with Crippen molar-refractivity contribution < 1.29 is 14.6 Å². The predicted molar refractivity (Wildman–Crippen MR) is 86.7 cm³/mol. The van der Waals surface area contributed by atoms with Gasteiger partial charge >= 0.3 is 0 Å². The maximum absolute atomic E-state index is 12.9. The molecule has 1 spiro atoms. The highest BCUT2D eigenvalue weighted by atomic mass is 16.5. The van der Waals surface area contributed by atoms with Crippen LogP contribution in [0.1, 0.15) is 53.4 Å². The van der Waals surface area contributed by atoms with Crippen molar-refractivity contribution in [3.63, 3.8) is 0 Å². The number of ether oxygens (including phenoxy) is 1. The van der Waals surface area contributed by atoms with Crippen molar-refractivity contribution in [1.29, 1.82) is 0 Å². The smallest absolute Gasteiger partial charge is 0.162 e. The molecule has 126 valence electrons. The molecule has 3 heteroatoms. The molecule has 4 fully saturated rings. The minimum atomic E-state index is -0.238. The van der Waals surface area contributed by atoms with Crippen LogP contribution in [-0.2, 0) is 9.53 Å². The van der Waals surface area contributed by atoms with E-state index in [1.807, 2.05) is 6.08 Å². The Kier molecular flexibility index (Phi) is 2.40. The third-order valence-electron chi connectivity index (χ3n) is 8.88. The van der Waals surface area contributed by atoms with Crippen molar-refractivity contribution in [2.45, 2.75) is 65.1 Å². The third-order valence-corrected chi connectivity index (χ3v) is 8.88. The molecule has 1 saturated heterocycles. The molecule has 3 nitrogen and oxygen atoms in total. The molecule has 0 amide bonds. The fraction of sp³-hybridized carbons (Fsp3) is 0.850. The number of aliphatic hydroxyl groups excluding tert-OH is 1. The van der Waals surface area contributed by atoms with Gasteiger partial charge in [0, 0.05) is 17.3 Å². The maximum atomic E-state index is 12.9. The normalized spacial score (nSPS) is 58.8. The van der Waals surface area contributed by atoms with Crippen LogP contribution in [0.2, 0.25) is 0 Å². The van der Waals surface area contributed by atoms with Gasteiger partial charge in [0.2, 0.25) is 0 Å². The molecule has 23 heavy (non-hydrogen) atoms. The molecule has 5 rings (SSSR count). The van der Waals surface area contributed by atoms with E-state index in [1.165, 1.54) is 5.57 Å². The van der Waals surface area contributed by atoms with Gasteiger partial charge in [0.1, 0.15) is 0 Å². The van der Waals surface area contributed by atoms with E-state index in [0.29, 0.717) is 23.5 Å². The van der Waals surface area contributed by atoms with E-state index in [1.54, 1.807) is 0 Å². The molecule has 7 atom stereocenters. The summed E-state index contributed by atoms with van der Waals surface area (Å²) in [6.45, 7) is 9.68. The van der Waals surface area contributed by atoms with Gasteiger partial charge in [0.05, 0.1) is 18.3 Å². The average Bonchev–Trinajstić information content (AvgIpc) is 2.92. The number of rotatable bonds is 0. The Morgan fingerprint density at radius 1 is 1.17 bits per heavy atom.